The molecule has 0 N–H and O–H groups in total. The lowest BCUT2D eigenvalue weighted by Crippen LogP contribution is -1.66. The van der Waals surface area contributed by atoms with Crippen molar-refractivity contribution in [3.05, 3.63) is 84.4 Å². The van der Waals surface area contributed by atoms with Crippen molar-refractivity contribution in [3.8, 4) is 0 Å². The molecule has 0 aromatic heterocycles. The molecule has 0 unspecified atom stereocenters. The van der Waals surface area contributed by atoms with Gasteiger partial charge in [0.05, 0.1) is 0 Å². The predicted molar refractivity (Wildman–Crippen MR) is 127 cm³/mol. The van der Waals surface area contributed by atoms with Crippen LogP contribution in [0, 0.1) is 19.8 Å². The molecule has 146 valence electrons. The monoisotopic (exact) mass is 430 g/mol. The van der Waals surface area contributed by atoms with Gasteiger partial charge in [0.2, 0.25) is 0 Å². The van der Waals surface area contributed by atoms with E-state index in [0.717, 1.165) is 12.3 Å². The summed E-state index contributed by atoms with van der Waals surface area (Å²) in [5, 5.41) is 0. The predicted octanol–water partition coefficient (Wildman–Crippen LogP) is 8.92. The van der Waals surface area contributed by atoms with E-state index in [1.54, 1.807) is 0 Å². The molecule has 0 amide bonds. The summed E-state index contributed by atoms with van der Waals surface area (Å²) in [5.74, 6) is 0.833. The lowest BCUT2D eigenvalue weighted by atomic mass is 10.2. The van der Waals surface area contributed by atoms with Crippen molar-refractivity contribution >= 4 is 41.5 Å². The van der Waals surface area contributed by atoms with Crippen LogP contribution in [-0.2, 0) is 0 Å². The molecule has 0 saturated heterocycles. The Bertz CT molecular complexity index is 436. The highest BCUT2D eigenvalue weighted by molar-refractivity contribution is 7.54. The molecule has 2 aromatic rings. The summed E-state index contributed by atoms with van der Waals surface area (Å²) in [6.07, 6.45) is 2.96. The minimum absolute atomic E-state index is 0.833. The van der Waals surface area contributed by atoms with Crippen molar-refractivity contribution in [3.63, 3.8) is 0 Å². The Hall–Kier alpha value is -0.418. The van der Waals surface area contributed by atoms with E-state index in [0.29, 0.717) is 0 Å². The highest BCUT2D eigenvalue weighted by Crippen LogP contribution is 1.97. The Morgan fingerprint density at radius 2 is 1.00 bits per heavy atom. The maximum Gasteiger partial charge on any atom is 0.643 e. The minimum atomic E-state index is -1.72. The maximum absolute atomic E-state index is 4.94. The fourth-order valence-corrected chi connectivity index (χ4v) is 1.07. The zero-order chi connectivity index (χ0) is 20.8. The second-order valence-corrected chi connectivity index (χ2v) is 12.4. The molecule has 0 nitrogen and oxygen atoms in total. The van der Waals surface area contributed by atoms with E-state index in [1.807, 2.05) is 42.5 Å². The van der Waals surface area contributed by atoms with Crippen molar-refractivity contribution in [1.82, 2.24) is 0 Å². The number of benzene rings is 2. The van der Waals surface area contributed by atoms with Gasteiger partial charge in [0.15, 0.2) is 0 Å². The van der Waals surface area contributed by atoms with Crippen LogP contribution in [0.2, 0.25) is 0 Å². The van der Waals surface area contributed by atoms with E-state index >= 15 is 0 Å². The first-order valence-corrected chi connectivity index (χ1v) is 14.0. The third-order valence-electron chi connectivity index (χ3n) is 2.17. The third kappa shape index (κ3) is 43.7. The summed E-state index contributed by atoms with van der Waals surface area (Å²) in [7, 11) is 14.8. The molecule has 4 heteroatoms. The maximum atomic E-state index is 4.94. The van der Waals surface area contributed by atoms with E-state index in [4.69, 9.17) is 30.1 Å². The van der Waals surface area contributed by atoms with Crippen LogP contribution < -0.4 is 0 Å². The van der Waals surface area contributed by atoms with Crippen molar-refractivity contribution in [2.24, 2.45) is 5.92 Å². The summed E-state index contributed by atoms with van der Waals surface area (Å²) >= 11 is -1.72. The van der Waals surface area contributed by atoms with E-state index < -0.39 is 11.4 Å². The van der Waals surface area contributed by atoms with Crippen molar-refractivity contribution in [2.75, 3.05) is 0 Å². The molecule has 0 heterocycles. The topological polar surface area (TPSA) is 0 Å². The molecule has 0 bridgehead atoms. The molecular formula is C22H34AlCl3. The smallest absolute Gasteiger partial charge is 0.214 e. The molecule has 0 radical (unpaired) electrons. The Morgan fingerprint density at radius 1 is 0.808 bits per heavy atom. The van der Waals surface area contributed by atoms with Gasteiger partial charge in [-0.2, -0.15) is 0 Å². The average molecular weight is 432 g/mol. The number of aryl methyl sites for hydroxylation is 2. The number of halogens is 3. The summed E-state index contributed by atoms with van der Waals surface area (Å²) in [5.41, 5.74) is 2.64. The number of allylic oxidation sites excluding steroid dienone is 1. The highest BCUT2D eigenvalue weighted by atomic mass is 35.8. The van der Waals surface area contributed by atoms with Crippen LogP contribution in [-0.4, -0.2) is 11.4 Å². The summed E-state index contributed by atoms with van der Waals surface area (Å²) in [6, 6.07) is 20.5. The second kappa shape index (κ2) is 24.6. The summed E-state index contributed by atoms with van der Waals surface area (Å²) < 4.78 is 0. The standard InChI is InChI=1S/2C7H8.C4H10.C4H8.Al.3ClH/c2*1-7-5-3-2-4-6-7;1-4(2)3;1-3-4-2;;;;/h2*2-6H,1H3;4H,1-3H3;3H,1,4H2,2H3;;3*1H/q;;;;+3;;;/p-3. The molecular weight excluding hydrogens is 398 g/mol. The van der Waals surface area contributed by atoms with Crippen LogP contribution in [0.1, 0.15) is 45.2 Å². The van der Waals surface area contributed by atoms with Crippen LogP contribution in [0.4, 0.5) is 0 Å². The largest absolute Gasteiger partial charge is 0.643 e. The Kier molecular flexibility index (Phi) is 28.7. The fourth-order valence-electron chi connectivity index (χ4n) is 1.07. The number of hydrogen-bond donors (Lipinski definition) is 0. The first-order chi connectivity index (χ1) is 12.2. The van der Waals surface area contributed by atoms with Gasteiger partial charge in [0.1, 0.15) is 0 Å². The zero-order valence-corrected chi connectivity index (χ0v) is 20.5. The average Bonchev–Trinajstić information content (AvgIpc) is 2.56. The van der Waals surface area contributed by atoms with Crippen molar-refractivity contribution in [1.29, 1.82) is 0 Å². The zero-order valence-electron chi connectivity index (χ0n) is 17.1. The van der Waals surface area contributed by atoms with Gasteiger partial charge in [-0.05, 0) is 26.2 Å². The lowest BCUT2D eigenvalue weighted by molar-refractivity contribution is 0.737. The van der Waals surface area contributed by atoms with Crippen LogP contribution in [0.15, 0.2) is 73.3 Å². The SMILES string of the molecule is C=CCC.CC(C)C.Cc1ccccc1.Cc1ccccc1.[Cl][Al]([Cl])[Cl]. The Balaban J connectivity index is -0.000000264. The Labute approximate surface area is 179 Å². The van der Waals surface area contributed by atoms with E-state index in [-0.39, 0.29) is 0 Å². The van der Waals surface area contributed by atoms with Gasteiger partial charge in [-0.25, -0.2) is 30.1 Å². The quantitative estimate of drug-likeness (QED) is 0.312. The summed E-state index contributed by atoms with van der Waals surface area (Å²) in [6.45, 7) is 16.2. The van der Waals surface area contributed by atoms with Crippen LogP contribution in [0.5, 0.6) is 0 Å². The van der Waals surface area contributed by atoms with E-state index in [2.05, 4.69) is 72.4 Å². The van der Waals surface area contributed by atoms with Gasteiger partial charge in [0.25, 0.3) is 0 Å². The number of rotatable bonds is 1. The lowest BCUT2D eigenvalue weighted by Gasteiger charge is -1.82. The third-order valence-corrected chi connectivity index (χ3v) is 2.17. The Morgan fingerprint density at radius 3 is 1.08 bits per heavy atom. The second-order valence-electron chi connectivity index (χ2n) is 5.99. The molecule has 26 heavy (non-hydrogen) atoms. The number of hydrogen-bond acceptors (Lipinski definition) is 0. The van der Waals surface area contributed by atoms with Crippen molar-refractivity contribution in [2.45, 2.75) is 48.0 Å². The van der Waals surface area contributed by atoms with E-state index in [1.165, 1.54) is 11.1 Å². The van der Waals surface area contributed by atoms with Crippen molar-refractivity contribution < 1.29 is 0 Å². The van der Waals surface area contributed by atoms with Gasteiger partial charge in [-0.15, -0.1) is 6.58 Å². The van der Waals surface area contributed by atoms with Gasteiger partial charge < -0.3 is 0 Å². The van der Waals surface area contributed by atoms with Gasteiger partial charge >= 0.3 is 11.4 Å². The molecule has 0 aliphatic carbocycles. The minimum Gasteiger partial charge on any atom is -0.214 e. The molecule has 0 spiro atoms. The van der Waals surface area contributed by atoms with Crippen LogP contribution in [0.25, 0.3) is 0 Å². The molecule has 2 rings (SSSR count). The fraction of sp³-hybridized carbons (Fsp3) is 0.364. The molecule has 2 aromatic carbocycles. The first-order valence-electron chi connectivity index (χ1n) is 8.73. The highest BCUT2D eigenvalue weighted by Gasteiger charge is 2.00. The van der Waals surface area contributed by atoms with Gasteiger partial charge in [0, 0.05) is 0 Å². The first kappa shape index (κ1) is 30.3. The van der Waals surface area contributed by atoms with Crippen LogP contribution in [0.3, 0.4) is 0 Å². The summed E-state index contributed by atoms with van der Waals surface area (Å²) in [4.78, 5) is 0. The normalized spacial score (nSPS) is 8.08. The molecule has 0 atom stereocenters. The van der Waals surface area contributed by atoms with Gasteiger partial charge in [-0.1, -0.05) is 106 Å². The molecule has 0 aliphatic rings. The molecule has 0 saturated carbocycles. The molecule has 0 aliphatic heterocycles. The molecule has 0 fully saturated rings. The van der Waals surface area contributed by atoms with Gasteiger partial charge in [-0.3, -0.25) is 0 Å². The van der Waals surface area contributed by atoms with Crippen LogP contribution >= 0.6 is 30.1 Å². The van der Waals surface area contributed by atoms with E-state index in [9.17, 15) is 0 Å².